The minimum absolute atomic E-state index is 0.150. The molecule has 0 aliphatic rings. The van der Waals surface area contributed by atoms with Gasteiger partial charge in [-0.25, -0.2) is 0 Å². The maximum absolute atomic E-state index is 12.1. The van der Waals surface area contributed by atoms with Crippen LogP contribution in [0.2, 0.25) is 10.0 Å². The number of hydrogen-bond acceptors (Lipinski definition) is 3. The fourth-order valence-corrected chi connectivity index (χ4v) is 3.14. The number of aryl methyl sites for hydroxylation is 1. The molecule has 7 heteroatoms. The zero-order valence-electron chi connectivity index (χ0n) is 12.0. The molecule has 0 atom stereocenters. The summed E-state index contributed by atoms with van der Waals surface area (Å²) in [5.41, 5.74) is 2.03. The molecule has 2 rings (SSSR count). The quantitative estimate of drug-likeness (QED) is 0.664. The van der Waals surface area contributed by atoms with Crippen molar-refractivity contribution in [3.05, 3.63) is 63.6 Å². The van der Waals surface area contributed by atoms with E-state index in [0.717, 1.165) is 5.56 Å². The number of sulfonamides is 1. The first-order valence-corrected chi connectivity index (χ1v) is 8.62. The molecule has 0 aliphatic carbocycles. The zero-order chi connectivity index (χ0) is 16.3. The molecule has 0 radical (unpaired) electrons. The van der Waals surface area contributed by atoms with Crippen molar-refractivity contribution in [1.29, 1.82) is 0 Å². The number of hydrazone groups is 1. The summed E-state index contributed by atoms with van der Waals surface area (Å²) in [6, 6.07) is 11.4. The standard InChI is InChI=1S/C15H14Cl2N2O2S/c1-10-3-6-13(7-4-10)22(20,21)19-18-11(2)14-8-5-12(16)9-15(14)17/h3-9,19H,1-2H3/b18-11+. The molecule has 0 aliphatic heterocycles. The molecule has 0 amide bonds. The molecule has 0 aromatic heterocycles. The van der Waals surface area contributed by atoms with Crippen molar-refractivity contribution in [1.82, 2.24) is 4.83 Å². The number of nitrogens with one attached hydrogen (secondary N) is 1. The van der Waals surface area contributed by atoms with Crippen LogP contribution < -0.4 is 4.83 Å². The first-order chi connectivity index (χ1) is 10.3. The third kappa shape index (κ3) is 4.00. The normalized spacial score (nSPS) is 12.3. The molecule has 0 heterocycles. The van der Waals surface area contributed by atoms with Crippen LogP contribution in [0.5, 0.6) is 0 Å². The molecule has 0 saturated carbocycles. The molecule has 1 N–H and O–H groups in total. The van der Waals surface area contributed by atoms with E-state index in [0.29, 0.717) is 21.3 Å². The van der Waals surface area contributed by atoms with E-state index in [9.17, 15) is 8.42 Å². The molecule has 0 fully saturated rings. The number of rotatable bonds is 4. The number of hydrogen-bond donors (Lipinski definition) is 1. The summed E-state index contributed by atoms with van der Waals surface area (Å²) < 4.78 is 24.3. The Kier molecular flexibility index (Phi) is 5.11. The predicted molar refractivity (Wildman–Crippen MR) is 90.2 cm³/mol. The lowest BCUT2D eigenvalue weighted by Gasteiger charge is -2.07. The molecule has 22 heavy (non-hydrogen) atoms. The first-order valence-electron chi connectivity index (χ1n) is 6.38. The van der Waals surface area contributed by atoms with E-state index in [2.05, 4.69) is 9.93 Å². The average Bonchev–Trinajstić information content (AvgIpc) is 2.45. The number of halogens is 2. The van der Waals surface area contributed by atoms with Crippen molar-refractivity contribution in [2.75, 3.05) is 0 Å². The third-order valence-corrected chi connectivity index (χ3v) is 4.76. The van der Waals surface area contributed by atoms with Gasteiger partial charge in [0.05, 0.1) is 15.6 Å². The predicted octanol–water partition coefficient (Wildman–Crippen LogP) is 4.00. The van der Waals surface area contributed by atoms with E-state index in [4.69, 9.17) is 23.2 Å². The van der Waals surface area contributed by atoms with Crippen LogP contribution in [0, 0.1) is 6.92 Å². The van der Waals surface area contributed by atoms with Gasteiger partial charge in [-0.3, -0.25) is 0 Å². The molecule has 0 bridgehead atoms. The fourth-order valence-electron chi connectivity index (χ4n) is 1.74. The first kappa shape index (κ1) is 16.8. The van der Waals surface area contributed by atoms with E-state index in [1.807, 2.05) is 6.92 Å². The van der Waals surface area contributed by atoms with E-state index >= 15 is 0 Å². The minimum atomic E-state index is -3.71. The second-order valence-electron chi connectivity index (χ2n) is 4.73. The summed E-state index contributed by atoms with van der Waals surface area (Å²) in [7, 11) is -3.71. The van der Waals surface area contributed by atoms with Gasteiger partial charge in [-0.1, -0.05) is 47.0 Å². The molecule has 0 spiro atoms. The highest BCUT2D eigenvalue weighted by atomic mass is 35.5. The fraction of sp³-hybridized carbons (Fsp3) is 0.133. The van der Waals surface area contributed by atoms with E-state index < -0.39 is 10.0 Å². The SMILES string of the molecule is C/C(=N\NS(=O)(=O)c1ccc(C)cc1)c1ccc(Cl)cc1Cl. The highest BCUT2D eigenvalue weighted by Crippen LogP contribution is 2.21. The van der Waals surface area contributed by atoms with Crippen LogP contribution in [0.15, 0.2) is 52.5 Å². The molecular formula is C15H14Cl2N2O2S. The van der Waals surface area contributed by atoms with E-state index in [-0.39, 0.29) is 4.90 Å². The Hall–Kier alpha value is -1.56. The smallest absolute Gasteiger partial charge is 0.200 e. The van der Waals surface area contributed by atoms with Gasteiger partial charge in [0.15, 0.2) is 0 Å². The van der Waals surface area contributed by atoms with Crippen LogP contribution in [-0.4, -0.2) is 14.1 Å². The van der Waals surface area contributed by atoms with Gasteiger partial charge in [0.1, 0.15) is 0 Å². The maximum atomic E-state index is 12.1. The van der Waals surface area contributed by atoms with Crippen molar-refractivity contribution < 1.29 is 8.42 Å². The van der Waals surface area contributed by atoms with Crippen molar-refractivity contribution in [3.63, 3.8) is 0 Å². The topological polar surface area (TPSA) is 58.5 Å². The molecule has 2 aromatic carbocycles. The summed E-state index contributed by atoms with van der Waals surface area (Å²) in [6.45, 7) is 3.54. The van der Waals surface area contributed by atoms with Crippen LogP contribution >= 0.6 is 23.2 Å². The maximum Gasteiger partial charge on any atom is 0.276 e. The summed E-state index contributed by atoms with van der Waals surface area (Å²) in [5.74, 6) is 0. The van der Waals surface area contributed by atoms with Crippen LogP contribution in [0.25, 0.3) is 0 Å². The van der Waals surface area contributed by atoms with Crippen molar-refractivity contribution in [2.45, 2.75) is 18.7 Å². The Morgan fingerprint density at radius 3 is 2.32 bits per heavy atom. The Balaban J connectivity index is 2.24. The summed E-state index contributed by atoms with van der Waals surface area (Å²) >= 11 is 11.9. The van der Waals surface area contributed by atoms with E-state index in [1.54, 1.807) is 37.3 Å². The van der Waals surface area contributed by atoms with Gasteiger partial charge in [0.25, 0.3) is 10.0 Å². The van der Waals surface area contributed by atoms with Crippen molar-refractivity contribution in [2.24, 2.45) is 5.10 Å². The Labute approximate surface area is 139 Å². The molecular weight excluding hydrogens is 343 g/mol. The Bertz CT molecular complexity index is 816. The lowest BCUT2D eigenvalue weighted by atomic mass is 10.1. The highest BCUT2D eigenvalue weighted by molar-refractivity contribution is 7.89. The molecule has 0 saturated heterocycles. The summed E-state index contributed by atoms with van der Waals surface area (Å²) in [4.78, 5) is 2.35. The summed E-state index contributed by atoms with van der Waals surface area (Å²) in [6.07, 6.45) is 0. The molecule has 4 nitrogen and oxygen atoms in total. The van der Waals surface area contributed by atoms with Gasteiger partial charge in [-0.2, -0.15) is 18.4 Å². The lowest BCUT2D eigenvalue weighted by molar-refractivity contribution is 0.584. The minimum Gasteiger partial charge on any atom is -0.200 e. The molecule has 0 unspecified atom stereocenters. The lowest BCUT2D eigenvalue weighted by Crippen LogP contribution is -2.20. The van der Waals surface area contributed by atoms with Gasteiger partial charge in [0.2, 0.25) is 0 Å². The highest BCUT2D eigenvalue weighted by Gasteiger charge is 2.13. The Morgan fingerprint density at radius 2 is 1.73 bits per heavy atom. The third-order valence-electron chi connectivity index (χ3n) is 2.99. The van der Waals surface area contributed by atoms with Gasteiger partial charge in [-0.05, 0) is 38.1 Å². The number of benzene rings is 2. The average molecular weight is 357 g/mol. The van der Waals surface area contributed by atoms with Crippen LogP contribution in [0.4, 0.5) is 0 Å². The number of nitrogens with zero attached hydrogens (tertiary/aromatic N) is 1. The van der Waals surface area contributed by atoms with E-state index in [1.165, 1.54) is 12.1 Å². The van der Waals surface area contributed by atoms with Crippen molar-refractivity contribution in [3.8, 4) is 0 Å². The van der Waals surface area contributed by atoms with Gasteiger partial charge >= 0.3 is 0 Å². The van der Waals surface area contributed by atoms with Crippen LogP contribution in [0.1, 0.15) is 18.1 Å². The second-order valence-corrected chi connectivity index (χ2v) is 7.23. The van der Waals surface area contributed by atoms with Crippen molar-refractivity contribution >= 4 is 38.9 Å². The molecule has 116 valence electrons. The van der Waals surface area contributed by atoms with Crippen LogP contribution in [-0.2, 0) is 10.0 Å². The van der Waals surface area contributed by atoms with Gasteiger partial charge in [-0.15, -0.1) is 0 Å². The largest absolute Gasteiger partial charge is 0.276 e. The Morgan fingerprint density at radius 1 is 1.09 bits per heavy atom. The van der Waals surface area contributed by atoms with Gasteiger partial charge < -0.3 is 0 Å². The summed E-state index contributed by atoms with van der Waals surface area (Å²) in [5, 5.41) is 4.81. The van der Waals surface area contributed by atoms with Crippen LogP contribution in [0.3, 0.4) is 0 Å². The second kappa shape index (κ2) is 6.69. The van der Waals surface area contributed by atoms with Gasteiger partial charge in [0, 0.05) is 10.6 Å². The monoisotopic (exact) mass is 356 g/mol. The zero-order valence-corrected chi connectivity index (χ0v) is 14.3. The molecule has 2 aromatic rings.